The van der Waals surface area contributed by atoms with Gasteiger partial charge in [0.05, 0.1) is 6.21 Å². The molecule has 1 amide bonds. The molecule has 23 heavy (non-hydrogen) atoms. The van der Waals surface area contributed by atoms with Crippen LogP contribution in [-0.4, -0.2) is 30.6 Å². The first-order valence-corrected chi connectivity index (χ1v) is 7.13. The van der Waals surface area contributed by atoms with Gasteiger partial charge in [-0.2, -0.15) is 5.10 Å². The van der Waals surface area contributed by atoms with Gasteiger partial charge >= 0.3 is 0 Å². The lowest BCUT2D eigenvalue weighted by Gasteiger charge is -1.99. The maximum atomic E-state index is 11.8. The van der Waals surface area contributed by atoms with E-state index in [-0.39, 0.29) is 19.3 Å². The number of carbonyl (C=O) groups excluding carboxylic acids is 1. The third kappa shape index (κ3) is 4.82. The summed E-state index contributed by atoms with van der Waals surface area (Å²) in [6.07, 6.45) is 1.56. The van der Waals surface area contributed by atoms with E-state index in [4.69, 9.17) is 14.6 Å². The van der Waals surface area contributed by atoms with Gasteiger partial charge in [-0.3, -0.25) is 4.79 Å². The quantitative estimate of drug-likeness (QED) is 0.672. The van der Waals surface area contributed by atoms with Crippen LogP contribution in [0.25, 0.3) is 0 Å². The Morgan fingerprint density at radius 1 is 1.22 bits per heavy atom. The largest absolute Gasteiger partial charge is 0.454 e. The molecule has 1 heterocycles. The number of aliphatic hydroxyl groups excluding tert-OH is 1. The van der Waals surface area contributed by atoms with Crippen LogP contribution in [0.5, 0.6) is 11.5 Å². The number of nitrogens with one attached hydrogen (secondary N) is 1. The Kier molecular flexibility index (Phi) is 6.14. The molecule has 2 aromatic carbocycles. The average molecular weight is 314 g/mol. The van der Waals surface area contributed by atoms with E-state index < -0.39 is 0 Å². The number of hydrazone groups is 1. The molecule has 0 radical (unpaired) electrons. The Hall–Kier alpha value is -2.86. The number of nitrogens with zero attached hydrogens (tertiary/aromatic N) is 1. The molecule has 0 aromatic heterocycles. The van der Waals surface area contributed by atoms with Crippen molar-refractivity contribution in [3.05, 3.63) is 59.7 Å². The van der Waals surface area contributed by atoms with Gasteiger partial charge in [-0.1, -0.05) is 18.2 Å². The summed E-state index contributed by atoms with van der Waals surface area (Å²) in [7, 11) is 0. The molecule has 0 aliphatic carbocycles. The highest BCUT2D eigenvalue weighted by molar-refractivity contribution is 5.94. The summed E-state index contributed by atoms with van der Waals surface area (Å²) < 4.78 is 10.5. The van der Waals surface area contributed by atoms with Gasteiger partial charge in [-0.25, -0.2) is 5.43 Å². The summed E-state index contributed by atoms with van der Waals surface area (Å²) in [5, 5.41) is 11.5. The minimum Gasteiger partial charge on any atom is -0.454 e. The molecule has 0 fully saturated rings. The molecule has 0 atom stereocenters. The van der Waals surface area contributed by atoms with Gasteiger partial charge in [0.25, 0.3) is 5.91 Å². The molecule has 2 N–H and O–H groups in total. The van der Waals surface area contributed by atoms with Crippen molar-refractivity contribution in [3.63, 3.8) is 0 Å². The third-order valence-corrected chi connectivity index (χ3v) is 2.81. The Morgan fingerprint density at radius 3 is 2.65 bits per heavy atom. The fraction of sp³-hybridized carbons (Fsp3) is 0.176. The highest BCUT2D eigenvalue weighted by atomic mass is 16.7. The lowest BCUT2D eigenvalue weighted by molar-refractivity contribution is 0.0955. The second-order valence-corrected chi connectivity index (χ2v) is 4.49. The number of hydrogen-bond acceptors (Lipinski definition) is 5. The lowest BCUT2D eigenvalue weighted by Crippen LogP contribution is -2.17. The van der Waals surface area contributed by atoms with E-state index in [0.29, 0.717) is 11.3 Å². The van der Waals surface area contributed by atoms with E-state index in [1.807, 2.05) is 18.2 Å². The van der Waals surface area contributed by atoms with Crippen molar-refractivity contribution >= 4 is 12.1 Å². The number of carbonyl (C=O) groups is 1. The van der Waals surface area contributed by atoms with E-state index in [1.54, 1.807) is 43.5 Å². The SMILES string of the molecule is CCO.O=C(N/N=C/c1ccc2c(c1)OCO2)c1ccccc1. The number of benzene rings is 2. The minimum atomic E-state index is -0.248. The first-order chi connectivity index (χ1) is 11.2. The van der Waals surface area contributed by atoms with Crippen LogP contribution in [0.4, 0.5) is 0 Å². The summed E-state index contributed by atoms with van der Waals surface area (Å²) in [4.78, 5) is 11.8. The Balaban J connectivity index is 0.000000595. The first kappa shape index (κ1) is 16.5. The summed E-state index contributed by atoms with van der Waals surface area (Å²) in [5.41, 5.74) is 3.86. The highest BCUT2D eigenvalue weighted by Gasteiger charge is 2.12. The molecule has 0 saturated heterocycles. The molecule has 6 nitrogen and oxygen atoms in total. The van der Waals surface area contributed by atoms with Gasteiger partial charge in [0.15, 0.2) is 11.5 Å². The molecule has 6 heteroatoms. The van der Waals surface area contributed by atoms with Crippen molar-refractivity contribution in [1.29, 1.82) is 0 Å². The predicted molar refractivity (Wildman–Crippen MR) is 86.8 cm³/mol. The molecule has 1 aliphatic heterocycles. The molecule has 2 aromatic rings. The predicted octanol–water partition coefficient (Wildman–Crippen LogP) is 2.18. The van der Waals surface area contributed by atoms with E-state index in [0.717, 1.165) is 11.3 Å². The Morgan fingerprint density at radius 2 is 1.91 bits per heavy atom. The zero-order chi connectivity index (χ0) is 16.5. The molecular formula is C17H18N2O4. The van der Waals surface area contributed by atoms with Crippen LogP contribution in [0, 0.1) is 0 Å². The smallest absolute Gasteiger partial charge is 0.271 e. The molecule has 1 aliphatic rings. The van der Waals surface area contributed by atoms with E-state index >= 15 is 0 Å². The number of rotatable bonds is 3. The fourth-order valence-electron chi connectivity index (χ4n) is 1.81. The van der Waals surface area contributed by atoms with Crippen molar-refractivity contribution in [3.8, 4) is 11.5 Å². The molecule has 3 rings (SSSR count). The Bertz CT molecular complexity index is 672. The van der Waals surface area contributed by atoms with Gasteiger partial charge in [0.1, 0.15) is 0 Å². The minimum absolute atomic E-state index is 0.237. The topological polar surface area (TPSA) is 80.2 Å². The van der Waals surface area contributed by atoms with Crippen LogP contribution >= 0.6 is 0 Å². The van der Waals surface area contributed by atoms with Crippen molar-refractivity contribution in [2.45, 2.75) is 6.92 Å². The fourth-order valence-corrected chi connectivity index (χ4v) is 1.81. The third-order valence-electron chi connectivity index (χ3n) is 2.81. The standard InChI is InChI=1S/C15H12N2O3.C2H6O/c18-15(12-4-2-1-3-5-12)17-16-9-11-6-7-13-14(8-11)20-10-19-13;1-2-3/h1-9H,10H2,(H,17,18);3H,2H2,1H3/b16-9+;. The van der Waals surface area contributed by atoms with Gasteiger partial charge in [-0.15, -0.1) is 0 Å². The van der Waals surface area contributed by atoms with Gasteiger partial charge in [-0.05, 0) is 42.8 Å². The number of amides is 1. The number of fused-ring (bicyclic) bond motifs is 1. The zero-order valence-corrected chi connectivity index (χ0v) is 12.7. The number of ether oxygens (including phenoxy) is 2. The van der Waals surface area contributed by atoms with Gasteiger partial charge in [0, 0.05) is 12.2 Å². The Labute approximate surface area is 134 Å². The van der Waals surface area contributed by atoms with Gasteiger partial charge < -0.3 is 14.6 Å². The normalized spacial score (nSPS) is 11.7. The molecule has 0 saturated carbocycles. The number of hydrogen-bond donors (Lipinski definition) is 2. The van der Waals surface area contributed by atoms with Crippen LogP contribution in [0.2, 0.25) is 0 Å². The second-order valence-electron chi connectivity index (χ2n) is 4.49. The summed E-state index contributed by atoms with van der Waals surface area (Å²) in [6, 6.07) is 14.4. The van der Waals surface area contributed by atoms with Crippen molar-refractivity contribution in [2.24, 2.45) is 5.10 Å². The van der Waals surface area contributed by atoms with Gasteiger partial charge in [0.2, 0.25) is 6.79 Å². The molecule has 0 spiro atoms. The van der Waals surface area contributed by atoms with Crippen molar-refractivity contribution in [2.75, 3.05) is 13.4 Å². The van der Waals surface area contributed by atoms with Crippen LogP contribution in [-0.2, 0) is 0 Å². The van der Waals surface area contributed by atoms with E-state index in [9.17, 15) is 4.79 Å². The zero-order valence-electron chi connectivity index (χ0n) is 12.7. The maximum Gasteiger partial charge on any atom is 0.271 e. The molecule has 0 unspecified atom stereocenters. The van der Waals surface area contributed by atoms with Crippen LogP contribution < -0.4 is 14.9 Å². The van der Waals surface area contributed by atoms with Crippen molar-refractivity contribution in [1.82, 2.24) is 5.43 Å². The van der Waals surface area contributed by atoms with Crippen LogP contribution in [0.3, 0.4) is 0 Å². The monoisotopic (exact) mass is 314 g/mol. The van der Waals surface area contributed by atoms with Crippen LogP contribution in [0.15, 0.2) is 53.6 Å². The van der Waals surface area contributed by atoms with Crippen LogP contribution in [0.1, 0.15) is 22.8 Å². The lowest BCUT2D eigenvalue weighted by atomic mass is 10.2. The average Bonchev–Trinajstić information content (AvgIpc) is 3.04. The van der Waals surface area contributed by atoms with E-state index in [1.165, 1.54) is 0 Å². The summed E-state index contributed by atoms with van der Waals surface area (Å²) in [5.74, 6) is 1.15. The van der Waals surface area contributed by atoms with Crippen molar-refractivity contribution < 1.29 is 19.4 Å². The molecule has 120 valence electrons. The molecule has 0 bridgehead atoms. The summed E-state index contributed by atoms with van der Waals surface area (Å²) >= 11 is 0. The first-order valence-electron chi connectivity index (χ1n) is 7.13. The molecular weight excluding hydrogens is 296 g/mol. The summed E-state index contributed by atoms with van der Waals surface area (Å²) in [6.45, 7) is 2.17. The maximum absolute atomic E-state index is 11.8. The highest BCUT2D eigenvalue weighted by Crippen LogP contribution is 2.31. The second kappa shape index (κ2) is 8.55. The number of aliphatic hydroxyl groups is 1. The van der Waals surface area contributed by atoms with E-state index in [2.05, 4.69) is 10.5 Å².